The Morgan fingerprint density at radius 2 is 1.69 bits per heavy atom. The lowest BCUT2D eigenvalue weighted by molar-refractivity contribution is 0.0774. The van der Waals surface area contributed by atoms with Gasteiger partial charge in [-0.1, -0.05) is 19.9 Å². The normalized spacial score (nSPS) is 14.0. The molecule has 35 heavy (non-hydrogen) atoms. The van der Waals surface area contributed by atoms with Crippen molar-refractivity contribution in [2.45, 2.75) is 46.1 Å². The molecule has 4 rings (SSSR count). The summed E-state index contributed by atoms with van der Waals surface area (Å²) in [6.45, 7) is 9.38. The molecule has 1 aliphatic rings. The van der Waals surface area contributed by atoms with Crippen molar-refractivity contribution in [1.82, 2.24) is 19.7 Å². The summed E-state index contributed by atoms with van der Waals surface area (Å²) in [6.07, 6.45) is 4.52. The predicted octanol–water partition coefficient (Wildman–Crippen LogP) is 5.09. The quantitative estimate of drug-likeness (QED) is 0.471. The summed E-state index contributed by atoms with van der Waals surface area (Å²) in [6, 6.07) is 5.78. The summed E-state index contributed by atoms with van der Waals surface area (Å²) in [5.41, 5.74) is 4.29. The largest absolute Gasteiger partial charge is 0.496 e. The van der Waals surface area contributed by atoms with Crippen LogP contribution in [0.5, 0.6) is 17.2 Å². The summed E-state index contributed by atoms with van der Waals surface area (Å²) in [7, 11) is 4.88. The molecule has 0 fully saturated rings. The molecule has 0 N–H and O–H groups in total. The molecule has 0 unspecified atom stereocenters. The van der Waals surface area contributed by atoms with Crippen LogP contribution in [0.2, 0.25) is 0 Å². The zero-order valence-electron chi connectivity index (χ0n) is 21.6. The van der Waals surface area contributed by atoms with E-state index >= 15 is 0 Å². The van der Waals surface area contributed by atoms with E-state index in [0.717, 1.165) is 27.9 Å². The van der Waals surface area contributed by atoms with Gasteiger partial charge in [-0.25, -0.2) is 9.67 Å². The van der Waals surface area contributed by atoms with Crippen LogP contribution in [0, 0.1) is 0 Å². The third-order valence-electron chi connectivity index (χ3n) is 6.43. The number of benzene rings is 1. The van der Waals surface area contributed by atoms with Gasteiger partial charge in [-0.3, -0.25) is 4.79 Å². The molecular formula is C27H34N4O4. The lowest BCUT2D eigenvalue weighted by Crippen LogP contribution is -2.35. The van der Waals surface area contributed by atoms with Crippen LogP contribution in [0.25, 0.3) is 16.6 Å². The van der Waals surface area contributed by atoms with E-state index in [1.165, 1.54) is 0 Å². The van der Waals surface area contributed by atoms with Crippen LogP contribution in [0.3, 0.4) is 0 Å². The van der Waals surface area contributed by atoms with Gasteiger partial charge in [0.1, 0.15) is 17.2 Å². The molecule has 2 aromatic heterocycles. The number of hydrogen-bond donors (Lipinski definition) is 0. The van der Waals surface area contributed by atoms with E-state index in [-0.39, 0.29) is 17.9 Å². The Labute approximate surface area is 206 Å². The van der Waals surface area contributed by atoms with E-state index in [9.17, 15) is 4.79 Å². The summed E-state index contributed by atoms with van der Waals surface area (Å²) in [5, 5.41) is 5.31. The number of methoxy groups -OCH3 is 3. The van der Waals surface area contributed by atoms with Crippen molar-refractivity contribution >= 4 is 22.5 Å². The van der Waals surface area contributed by atoms with Gasteiger partial charge in [0.05, 0.1) is 44.0 Å². The number of amides is 1. The molecule has 1 aromatic carbocycles. The van der Waals surface area contributed by atoms with Crippen molar-refractivity contribution in [2.75, 3.05) is 34.4 Å². The van der Waals surface area contributed by atoms with Crippen molar-refractivity contribution in [3.8, 4) is 17.2 Å². The van der Waals surface area contributed by atoms with Crippen LogP contribution in [0.1, 0.15) is 67.7 Å². The molecule has 0 bridgehead atoms. The van der Waals surface area contributed by atoms with Gasteiger partial charge in [0, 0.05) is 37.0 Å². The molecule has 1 aliphatic heterocycles. The Hall–Kier alpha value is -3.55. The molecule has 8 heteroatoms. The second kappa shape index (κ2) is 9.98. The van der Waals surface area contributed by atoms with Gasteiger partial charge in [-0.15, -0.1) is 0 Å². The van der Waals surface area contributed by atoms with Gasteiger partial charge in [-0.2, -0.15) is 5.10 Å². The summed E-state index contributed by atoms with van der Waals surface area (Å²) in [4.78, 5) is 20.4. The number of rotatable bonds is 7. The first-order chi connectivity index (χ1) is 16.8. The smallest absolute Gasteiger partial charge is 0.255 e. The van der Waals surface area contributed by atoms with Gasteiger partial charge in [-0.05, 0) is 37.8 Å². The van der Waals surface area contributed by atoms with Crippen LogP contribution in [-0.2, 0) is 0 Å². The number of pyridine rings is 1. The van der Waals surface area contributed by atoms with E-state index in [1.54, 1.807) is 27.5 Å². The first-order valence-corrected chi connectivity index (χ1v) is 12.0. The topological polar surface area (TPSA) is 78.7 Å². The van der Waals surface area contributed by atoms with Gasteiger partial charge in [0.25, 0.3) is 5.91 Å². The molecular weight excluding hydrogens is 444 g/mol. The lowest BCUT2D eigenvalue weighted by Gasteiger charge is -2.28. The fraction of sp³-hybridized carbons (Fsp3) is 0.444. The summed E-state index contributed by atoms with van der Waals surface area (Å²) >= 11 is 0. The van der Waals surface area contributed by atoms with E-state index < -0.39 is 0 Å². The fourth-order valence-electron chi connectivity index (χ4n) is 4.46. The number of hydrogen-bond acceptors (Lipinski definition) is 6. The van der Waals surface area contributed by atoms with Crippen molar-refractivity contribution in [3.05, 3.63) is 47.3 Å². The van der Waals surface area contributed by atoms with Crippen molar-refractivity contribution in [3.63, 3.8) is 0 Å². The summed E-state index contributed by atoms with van der Waals surface area (Å²) in [5.74, 6) is 2.23. The zero-order valence-corrected chi connectivity index (χ0v) is 21.6. The number of fused-ring (bicyclic) bond motifs is 1. The Morgan fingerprint density at radius 1 is 1.00 bits per heavy atom. The monoisotopic (exact) mass is 478 g/mol. The number of ether oxygens (including phenoxy) is 3. The highest BCUT2D eigenvalue weighted by molar-refractivity contribution is 6.05. The highest BCUT2D eigenvalue weighted by atomic mass is 16.5. The predicted molar refractivity (Wildman–Crippen MR) is 137 cm³/mol. The third kappa shape index (κ3) is 4.57. The van der Waals surface area contributed by atoms with Crippen LogP contribution >= 0.6 is 0 Å². The molecule has 0 saturated heterocycles. The molecule has 0 atom stereocenters. The van der Waals surface area contributed by atoms with E-state index in [0.29, 0.717) is 42.3 Å². The van der Waals surface area contributed by atoms with E-state index in [4.69, 9.17) is 19.2 Å². The molecule has 8 nitrogen and oxygen atoms in total. The lowest BCUT2D eigenvalue weighted by atomic mass is 9.96. The fourth-order valence-corrected chi connectivity index (χ4v) is 4.46. The summed E-state index contributed by atoms with van der Waals surface area (Å²) < 4.78 is 18.5. The van der Waals surface area contributed by atoms with Gasteiger partial charge < -0.3 is 19.1 Å². The minimum Gasteiger partial charge on any atom is -0.496 e. The standard InChI is InChI=1S/C27H34N4O4/c1-16(2)22-14-20(21-15-28-31(17(3)4)26(21)29-22)27(32)30-10-8-18(9-11-30)25-23(34-6)12-19(33-5)13-24(25)35-7/h8,12-17H,9-11H2,1-7H3. The van der Waals surface area contributed by atoms with Crippen molar-refractivity contribution in [1.29, 1.82) is 0 Å². The second-order valence-electron chi connectivity index (χ2n) is 9.31. The average Bonchev–Trinajstić information content (AvgIpc) is 3.31. The van der Waals surface area contributed by atoms with E-state index in [1.807, 2.05) is 27.8 Å². The Bertz CT molecular complexity index is 1250. The number of carbonyl (C=O) groups is 1. The molecule has 3 heterocycles. The maximum Gasteiger partial charge on any atom is 0.255 e. The Morgan fingerprint density at radius 3 is 2.20 bits per heavy atom. The minimum atomic E-state index is -0.00781. The Kier molecular flexibility index (Phi) is 7.00. The maximum atomic E-state index is 13.7. The van der Waals surface area contributed by atoms with Gasteiger partial charge >= 0.3 is 0 Å². The van der Waals surface area contributed by atoms with Crippen LogP contribution in [-0.4, -0.2) is 60.0 Å². The SMILES string of the molecule is COc1cc(OC)c(C2=CCN(C(=O)c3cc(C(C)C)nc4c3cnn4C(C)C)CC2)c(OC)c1. The number of nitrogens with zero attached hydrogens (tertiary/aromatic N) is 4. The molecule has 0 saturated carbocycles. The Balaban J connectivity index is 1.68. The van der Waals surface area contributed by atoms with Crippen LogP contribution in [0.4, 0.5) is 0 Å². The average molecular weight is 479 g/mol. The second-order valence-corrected chi connectivity index (χ2v) is 9.31. The molecule has 0 radical (unpaired) electrons. The third-order valence-corrected chi connectivity index (χ3v) is 6.43. The first kappa shape index (κ1) is 24.6. The number of aromatic nitrogens is 3. The molecule has 0 spiro atoms. The first-order valence-electron chi connectivity index (χ1n) is 12.0. The van der Waals surface area contributed by atoms with Crippen molar-refractivity contribution < 1.29 is 19.0 Å². The maximum absolute atomic E-state index is 13.7. The molecule has 1 amide bonds. The zero-order chi connectivity index (χ0) is 25.3. The highest BCUT2D eigenvalue weighted by Gasteiger charge is 2.26. The molecule has 186 valence electrons. The van der Waals surface area contributed by atoms with Gasteiger partial charge in [0.2, 0.25) is 0 Å². The van der Waals surface area contributed by atoms with Crippen LogP contribution < -0.4 is 14.2 Å². The number of carbonyl (C=O) groups excluding carboxylic acids is 1. The van der Waals surface area contributed by atoms with Crippen LogP contribution in [0.15, 0.2) is 30.5 Å². The highest BCUT2D eigenvalue weighted by Crippen LogP contribution is 2.41. The molecule has 3 aromatic rings. The molecule has 0 aliphatic carbocycles. The van der Waals surface area contributed by atoms with E-state index in [2.05, 4.69) is 38.9 Å². The van der Waals surface area contributed by atoms with Gasteiger partial charge in [0.15, 0.2) is 5.65 Å². The minimum absolute atomic E-state index is 0.00781. The van der Waals surface area contributed by atoms with Crippen molar-refractivity contribution in [2.24, 2.45) is 0 Å².